The molecule has 6 nitrogen and oxygen atoms in total. The number of nitrogens with one attached hydrogen (secondary N) is 1. The van der Waals surface area contributed by atoms with E-state index in [4.69, 9.17) is 27.9 Å². The minimum atomic E-state index is -0.461. The van der Waals surface area contributed by atoms with Gasteiger partial charge in [0.25, 0.3) is 5.91 Å². The first-order valence-corrected chi connectivity index (χ1v) is 9.57. The maximum atomic E-state index is 12.2. The molecular formula is C19H14Cl2N2O4S. The molecule has 0 atom stereocenters. The molecule has 0 saturated carbocycles. The molecule has 1 heterocycles. The molecule has 2 aromatic rings. The van der Waals surface area contributed by atoms with Crippen molar-refractivity contribution in [1.82, 2.24) is 5.32 Å². The quantitative estimate of drug-likeness (QED) is 0.553. The summed E-state index contributed by atoms with van der Waals surface area (Å²) in [6.45, 7) is -0.166. The van der Waals surface area contributed by atoms with Gasteiger partial charge in [-0.3, -0.25) is 4.79 Å². The number of rotatable bonds is 5. The number of amidine groups is 1. The summed E-state index contributed by atoms with van der Waals surface area (Å²) in [6, 6.07) is 12.1. The number of carbonyl (C=O) groups excluding carboxylic acids is 2. The van der Waals surface area contributed by atoms with Crippen LogP contribution in [-0.2, 0) is 14.3 Å². The Morgan fingerprint density at radius 1 is 1.21 bits per heavy atom. The van der Waals surface area contributed by atoms with Crippen molar-refractivity contribution >= 4 is 63.8 Å². The molecule has 2 aromatic carbocycles. The highest BCUT2D eigenvalue weighted by Gasteiger charge is 2.24. The molecule has 144 valence electrons. The Hall–Kier alpha value is -2.48. The second-order valence-corrected chi connectivity index (χ2v) is 7.30. The predicted octanol–water partition coefficient (Wildman–Crippen LogP) is 4.44. The number of aliphatic imine (C=N–C) groups is 1. The third-order valence-corrected chi connectivity index (χ3v) is 5.29. The summed E-state index contributed by atoms with van der Waals surface area (Å²) in [4.78, 5) is 28.1. The zero-order chi connectivity index (χ0) is 20.1. The van der Waals surface area contributed by atoms with E-state index in [1.807, 2.05) is 0 Å². The highest BCUT2D eigenvalue weighted by atomic mass is 35.5. The summed E-state index contributed by atoms with van der Waals surface area (Å²) < 4.78 is 9.80. The van der Waals surface area contributed by atoms with Crippen molar-refractivity contribution in [3.63, 3.8) is 0 Å². The van der Waals surface area contributed by atoms with Crippen molar-refractivity contribution in [3.8, 4) is 5.75 Å². The summed E-state index contributed by atoms with van der Waals surface area (Å²) in [5.74, 6) is -0.196. The van der Waals surface area contributed by atoms with Gasteiger partial charge in [-0.1, -0.05) is 41.4 Å². The number of benzene rings is 2. The van der Waals surface area contributed by atoms with Gasteiger partial charge in [0.1, 0.15) is 5.75 Å². The van der Waals surface area contributed by atoms with Crippen molar-refractivity contribution in [1.29, 1.82) is 0 Å². The average molecular weight is 437 g/mol. The molecule has 0 aromatic heterocycles. The van der Waals surface area contributed by atoms with E-state index in [1.165, 1.54) is 18.9 Å². The zero-order valence-corrected chi connectivity index (χ0v) is 16.9. The number of hydrogen-bond acceptors (Lipinski definition) is 6. The fourth-order valence-corrected chi connectivity index (χ4v) is 3.35. The summed E-state index contributed by atoms with van der Waals surface area (Å²) in [7, 11) is 1.29. The van der Waals surface area contributed by atoms with Crippen LogP contribution in [0.3, 0.4) is 0 Å². The van der Waals surface area contributed by atoms with Crippen molar-refractivity contribution < 1.29 is 19.1 Å². The van der Waals surface area contributed by atoms with E-state index in [0.29, 0.717) is 31.6 Å². The second kappa shape index (κ2) is 9.14. The largest absolute Gasteiger partial charge is 0.482 e. The monoisotopic (exact) mass is 436 g/mol. The molecule has 1 amide bonds. The first-order chi connectivity index (χ1) is 13.5. The number of methoxy groups -OCH3 is 1. The molecule has 9 heteroatoms. The number of ether oxygens (including phenoxy) is 2. The molecule has 0 unspecified atom stereocenters. The van der Waals surface area contributed by atoms with E-state index in [9.17, 15) is 9.59 Å². The fourth-order valence-electron chi connectivity index (χ4n) is 2.18. The summed E-state index contributed by atoms with van der Waals surface area (Å²) in [6.07, 6.45) is 1.73. The number of thioether (sulfide) groups is 1. The molecule has 28 heavy (non-hydrogen) atoms. The molecule has 3 rings (SSSR count). The molecule has 1 aliphatic rings. The standard InChI is InChI=1S/C19H14Cl2N2O4S/c1-26-16(24)10-27-12-7-5-11(6-8-12)9-15-18(25)23-19(28-15)22-14-4-2-3-13(20)17(14)21/h2-9H,10H2,1H3,(H,22,23,25)/b15-9-. The first kappa shape index (κ1) is 20.3. The fraction of sp³-hybridized carbons (Fsp3) is 0.105. The van der Waals surface area contributed by atoms with E-state index < -0.39 is 5.97 Å². The molecular weight excluding hydrogens is 423 g/mol. The minimum Gasteiger partial charge on any atom is -0.482 e. The molecule has 0 aliphatic carbocycles. The summed E-state index contributed by atoms with van der Waals surface area (Å²) in [5, 5.41) is 3.83. The highest BCUT2D eigenvalue weighted by molar-refractivity contribution is 8.18. The topological polar surface area (TPSA) is 77.0 Å². The molecule has 1 N–H and O–H groups in total. The van der Waals surface area contributed by atoms with Crippen LogP contribution >= 0.6 is 35.0 Å². The van der Waals surface area contributed by atoms with Gasteiger partial charge >= 0.3 is 5.97 Å². The number of carbonyl (C=O) groups is 2. The van der Waals surface area contributed by atoms with Crippen LogP contribution in [0.15, 0.2) is 52.4 Å². The Morgan fingerprint density at radius 2 is 1.96 bits per heavy atom. The van der Waals surface area contributed by atoms with Gasteiger partial charge in [-0.25, -0.2) is 9.79 Å². The molecule has 1 saturated heterocycles. The highest BCUT2D eigenvalue weighted by Crippen LogP contribution is 2.34. The Labute approximate surface area is 175 Å². The van der Waals surface area contributed by atoms with Gasteiger partial charge in [-0.2, -0.15) is 0 Å². The number of amides is 1. The van der Waals surface area contributed by atoms with Crippen LogP contribution in [0, 0.1) is 0 Å². The van der Waals surface area contributed by atoms with E-state index >= 15 is 0 Å². The van der Waals surface area contributed by atoms with Gasteiger partial charge in [0, 0.05) is 0 Å². The minimum absolute atomic E-state index is 0.166. The normalized spacial score (nSPS) is 16.3. The summed E-state index contributed by atoms with van der Waals surface area (Å²) >= 11 is 13.3. The van der Waals surface area contributed by atoms with E-state index in [1.54, 1.807) is 48.5 Å². The number of nitrogens with zero attached hydrogens (tertiary/aromatic N) is 1. The lowest BCUT2D eigenvalue weighted by molar-refractivity contribution is -0.142. The zero-order valence-electron chi connectivity index (χ0n) is 14.6. The van der Waals surface area contributed by atoms with Gasteiger partial charge in [0.2, 0.25) is 0 Å². The van der Waals surface area contributed by atoms with Crippen LogP contribution in [0.2, 0.25) is 10.0 Å². The van der Waals surface area contributed by atoms with Gasteiger partial charge in [-0.05, 0) is 47.7 Å². The number of halogens is 2. The summed E-state index contributed by atoms with van der Waals surface area (Å²) in [5.41, 5.74) is 1.27. The Bertz CT molecular complexity index is 974. The third kappa shape index (κ3) is 5.07. The van der Waals surface area contributed by atoms with Crippen LogP contribution in [-0.4, -0.2) is 30.8 Å². The molecule has 1 aliphatic heterocycles. The van der Waals surface area contributed by atoms with E-state index in [-0.39, 0.29) is 12.5 Å². The van der Waals surface area contributed by atoms with Crippen molar-refractivity contribution in [2.24, 2.45) is 4.99 Å². The van der Waals surface area contributed by atoms with Crippen molar-refractivity contribution in [2.75, 3.05) is 13.7 Å². The lowest BCUT2D eigenvalue weighted by Gasteiger charge is -2.04. The maximum Gasteiger partial charge on any atom is 0.343 e. The van der Waals surface area contributed by atoms with Crippen LogP contribution < -0.4 is 10.1 Å². The lowest BCUT2D eigenvalue weighted by Crippen LogP contribution is -2.19. The lowest BCUT2D eigenvalue weighted by atomic mass is 10.2. The Kier molecular flexibility index (Phi) is 6.61. The van der Waals surface area contributed by atoms with Crippen LogP contribution in [0.1, 0.15) is 5.56 Å². The smallest absolute Gasteiger partial charge is 0.343 e. The SMILES string of the molecule is COC(=O)COc1ccc(/C=C2\SC(=Nc3cccc(Cl)c3Cl)NC2=O)cc1. The van der Waals surface area contributed by atoms with Gasteiger partial charge in [0.05, 0.1) is 27.7 Å². The maximum absolute atomic E-state index is 12.2. The van der Waals surface area contributed by atoms with Gasteiger partial charge < -0.3 is 14.8 Å². The third-order valence-electron chi connectivity index (χ3n) is 3.57. The molecule has 0 bridgehead atoms. The first-order valence-electron chi connectivity index (χ1n) is 7.99. The number of esters is 1. The van der Waals surface area contributed by atoms with Crippen LogP contribution in [0.25, 0.3) is 6.08 Å². The molecule has 0 radical (unpaired) electrons. The Balaban J connectivity index is 1.71. The van der Waals surface area contributed by atoms with Crippen molar-refractivity contribution in [3.05, 3.63) is 63.0 Å². The second-order valence-electron chi connectivity index (χ2n) is 5.49. The van der Waals surface area contributed by atoms with Crippen LogP contribution in [0.4, 0.5) is 5.69 Å². The van der Waals surface area contributed by atoms with Crippen molar-refractivity contribution in [2.45, 2.75) is 0 Å². The van der Waals surface area contributed by atoms with E-state index in [2.05, 4.69) is 15.0 Å². The van der Waals surface area contributed by atoms with Crippen LogP contribution in [0.5, 0.6) is 5.75 Å². The molecule has 1 fully saturated rings. The van der Waals surface area contributed by atoms with E-state index in [0.717, 1.165) is 5.56 Å². The van der Waals surface area contributed by atoms with Gasteiger partial charge in [0.15, 0.2) is 11.8 Å². The predicted molar refractivity (Wildman–Crippen MR) is 111 cm³/mol. The average Bonchev–Trinajstić information content (AvgIpc) is 3.03. The number of hydrogen-bond donors (Lipinski definition) is 1. The van der Waals surface area contributed by atoms with Gasteiger partial charge in [-0.15, -0.1) is 0 Å². The Morgan fingerprint density at radius 3 is 2.68 bits per heavy atom. The molecule has 0 spiro atoms.